The number of methoxy groups -OCH3 is 1. The normalized spacial score (nSPS) is 18.5. The fraction of sp³-hybridized carbons (Fsp3) is 0.438. The highest BCUT2D eigenvalue weighted by Crippen LogP contribution is 2.25. The van der Waals surface area contributed by atoms with Gasteiger partial charge < -0.3 is 14.5 Å². The van der Waals surface area contributed by atoms with Gasteiger partial charge in [-0.3, -0.25) is 0 Å². The second-order valence-corrected chi connectivity index (χ2v) is 5.38. The molecule has 1 aliphatic carbocycles. The van der Waals surface area contributed by atoms with Crippen LogP contribution in [0.4, 0.5) is 10.7 Å². The zero-order valence-corrected chi connectivity index (χ0v) is 12.9. The first-order valence-corrected chi connectivity index (χ1v) is 7.55. The lowest BCUT2D eigenvalue weighted by atomic mass is 10.1. The highest BCUT2D eigenvalue weighted by atomic mass is 16.5. The Bertz CT molecular complexity index is 603. The third-order valence-electron chi connectivity index (χ3n) is 4.08. The molecule has 1 unspecified atom stereocenters. The first kappa shape index (κ1) is 14.6. The minimum Gasteiger partial charge on any atom is -0.453 e. The fourth-order valence-corrected chi connectivity index (χ4v) is 2.85. The number of amides is 1. The number of fused-ring (bicyclic) bond motifs is 1. The molecule has 2 aliphatic heterocycles. The number of carbonyl (C=O) groups is 1. The average molecular weight is 300 g/mol. The number of rotatable bonds is 2. The molecule has 1 atom stereocenters. The van der Waals surface area contributed by atoms with E-state index < -0.39 is 0 Å². The van der Waals surface area contributed by atoms with Crippen LogP contribution in [0.15, 0.2) is 30.3 Å². The number of hydrogen-bond donors (Lipinski definition) is 0. The lowest BCUT2D eigenvalue weighted by Crippen LogP contribution is -2.55. The molecule has 0 aromatic heterocycles. The van der Waals surface area contributed by atoms with Crippen molar-refractivity contribution in [3.63, 3.8) is 0 Å². The molecule has 0 N–H and O–H groups in total. The van der Waals surface area contributed by atoms with E-state index in [0.717, 1.165) is 30.3 Å². The van der Waals surface area contributed by atoms with Gasteiger partial charge in [0.05, 0.1) is 18.5 Å². The minimum atomic E-state index is -0.265. The predicted octanol–water partition coefficient (Wildman–Crippen LogP) is 2.25. The molecule has 0 bridgehead atoms. The molecule has 2 heterocycles. The molecule has 1 amide bonds. The number of nitrogens with zero attached hydrogens (tertiary/aromatic N) is 4. The van der Waals surface area contributed by atoms with Crippen LogP contribution in [0.3, 0.4) is 0 Å². The number of aromatic nitrogens is 2. The highest BCUT2D eigenvalue weighted by molar-refractivity contribution is 5.68. The Balaban J connectivity index is 1.84. The number of piperazine rings is 1. The summed E-state index contributed by atoms with van der Waals surface area (Å²) in [4.78, 5) is 24.9. The molecule has 0 radical (unpaired) electrons. The number of anilines is 1. The topological polar surface area (TPSA) is 58.6 Å². The second kappa shape index (κ2) is 6.17. The first-order chi connectivity index (χ1) is 10.7. The molecule has 1 fully saturated rings. The van der Waals surface area contributed by atoms with Gasteiger partial charge in [-0.1, -0.05) is 25.1 Å². The molecule has 0 aromatic rings. The van der Waals surface area contributed by atoms with Gasteiger partial charge >= 0.3 is 6.09 Å². The van der Waals surface area contributed by atoms with E-state index in [1.165, 1.54) is 7.11 Å². The van der Waals surface area contributed by atoms with Crippen LogP contribution in [-0.2, 0) is 4.74 Å². The van der Waals surface area contributed by atoms with E-state index in [4.69, 9.17) is 4.74 Å². The largest absolute Gasteiger partial charge is 0.453 e. The third kappa shape index (κ3) is 2.68. The fourth-order valence-electron chi connectivity index (χ4n) is 2.85. The standard InChI is InChI=1S/C16H20N4O2/c1-3-12-11-19(16(21)22-2)9-10-20(12)15-17-13-7-5-4-6-8-14(13)18-15/h4-8,12H,3,9-11H2,1-2H3. The van der Waals surface area contributed by atoms with Crippen LogP contribution in [-0.4, -0.2) is 53.7 Å². The zero-order valence-electron chi connectivity index (χ0n) is 12.9. The van der Waals surface area contributed by atoms with Gasteiger partial charge in [-0.2, -0.15) is 0 Å². The molecule has 6 heteroatoms. The number of hydrogen-bond acceptors (Lipinski definition) is 5. The van der Waals surface area contributed by atoms with E-state index in [0.29, 0.717) is 13.1 Å². The summed E-state index contributed by atoms with van der Waals surface area (Å²) in [5.74, 6) is 0.748. The van der Waals surface area contributed by atoms with Crippen molar-refractivity contribution < 1.29 is 9.53 Å². The zero-order chi connectivity index (χ0) is 15.5. The van der Waals surface area contributed by atoms with Gasteiger partial charge in [0.15, 0.2) is 0 Å². The average Bonchev–Trinajstić information content (AvgIpc) is 2.84. The summed E-state index contributed by atoms with van der Waals surface area (Å²) in [6.45, 7) is 4.10. The monoisotopic (exact) mass is 300 g/mol. The minimum absolute atomic E-state index is 0.207. The van der Waals surface area contributed by atoms with Gasteiger partial charge in [0, 0.05) is 25.7 Å². The quantitative estimate of drug-likeness (QED) is 0.851. The van der Waals surface area contributed by atoms with Crippen LogP contribution >= 0.6 is 0 Å². The van der Waals surface area contributed by atoms with E-state index >= 15 is 0 Å². The number of carbonyl (C=O) groups excluding carboxylic acids is 1. The Morgan fingerprint density at radius 1 is 1.23 bits per heavy atom. The molecule has 3 rings (SSSR count). The molecule has 3 aliphatic rings. The molecule has 0 saturated carbocycles. The van der Waals surface area contributed by atoms with Crippen LogP contribution in [0.25, 0.3) is 11.4 Å². The molecule has 116 valence electrons. The van der Waals surface area contributed by atoms with Crippen molar-refractivity contribution in [2.24, 2.45) is 0 Å². The smallest absolute Gasteiger partial charge is 0.409 e. The summed E-state index contributed by atoms with van der Waals surface area (Å²) in [5, 5.41) is 0. The van der Waals surface area contributed by atoms with E-state index in [1.54, 1.807) is 4.90 Å². The van der Waals surface area contributed by atoms with Crippen LogP contribution in [0.5, 0.6) is 0 Å². The Morgan fingerprint density at radius 2 is 1.91 bits per heavy atom. The molecule has 6 nitrogen and oxygen atoms in total. The van der Waals surface area contributed by atoms with Crippen molar-refractivity contribution in [1.82, 2.24) is 14.9 Å². The van der Waals surface area contributed by atoms with Gasteiger partial charge in [0.25, 0.3) is 0 Å². The molecule has 1 saturated heterocycles. The van der Waals surface area contributed by atoms with Gasteiger partial charge in [-0.15, -0.1) is 0 Å². The highest BCUT2D eigenvalue weighted by Gasteiger charge is 2.31. The molecule has 0 aromatic carbocycles. The Labute approximate surface area is 130 Å². The van der Waals surface area contributed by atoms with Crippen LogP contribution in [0.1, 0.15) is 13.3 Å². The van der Waals surface area contributed by atoms with Crippen molar-refractivity contribution in [2.75, 3.05) is 31.6 Å². The van der Waals surface area contributed by atoms with Gasteiger partial charge in [0.1, 0.15) is 0 Å². The van der Waals surface area contributed by atoms with Crippen LogP contribution in [0, 0.1) is 0 Å². The van der Waals surface area contributed by atoms with Crippen molar-refractivity contribution in [3.8, 4) is 11.4 Å². The summed E-state index contributed by atoms with van der Waals surface area (Å²) in [6.07, 6.45) is 0.658. The molecule has 22 heavy (non-hydrogen) atoms. The Hall–Kier alpha value is -2.37. The second-order valence-electron chi connectivity index (χ2n) is 5.38. The van der Waals surface area contributed by atoms with Gasteiger partial charge in [0.2, 0.25) is 5.95 Å². The maximum Gasteiger partial charge on any atom is 0.409 e. The van der Waals surface area contributed by atoms with Crippen molar-refractivity contribution in [3.05, 3.63) is 30.3 Å². The summed E-state index contributed by atoms with van der Waals surface area (Å²) >= 11 is 0. The number of ether oxygens (including phenoxy) is 1. The third-order valence-corrected chi connectivity index (χ3v) is 4.08. The maximum absolute atomic E-state index is 11.7. The van der Waals surface area contributed by atoms with Gasteiger partial charge in [-0.25, -0.2) is 14.8 Å². The van der Waals surface area contributed by atoms with E-state index in [9.17, 15) is 4.79 Å². The maximum atomic E-state index is 11.7. The molecule has 0 spiro atoms. The van der Waals surface area contributed by atoms with Crippen LogP contribution in [0.2, 0.25) is 0 Å². The number of imidazole rings is 1. The van der Waals surface area contributed by atoms with Crippen molar-refractivity contribution in [1.29, 1.82) is 0 Å². The summed E-state index contributed by atoms with van der Waals surface area (Å²) in [6, 6.07) is 10.0. The van der Waals surface area contributed by atoms with E-state index in [1.807, 2.05) is 30.3 Å². The first-order valence-electron chi connectivity index (χ1n) is 7.55. The lowest BCUT2D eigenvalue weighted by molar-refractivity contribution is 0.114. The SMILES string of the molecule is CCC1CN(C(=O)OC)CCN1c1nc2cccccc-2n1. The van der Waals surface area contributed by atoms with Crippen LogP contribution < -0.4 is 4.90 Å². The van der Waals surface area contributed by atoms with E-state index in [2.05, 4.69) is 21.8 Å². The summed E-state index contributed by atoms with van der Waals surface area (Å²) in [7, 11) is 1.42. The summed E-state index contributed by atoms with van der Waals surface area (Å²) in [5.41, 5.74) is 1.79. The van der Waals surface area contributed by atoms with Gasteiger partial charge in [-0.05, 0) is 18.6 Å². The Morgan fingerprint density at radius 3 is 2.50 bits per heavy atom. The molecular formula is C16H20N4O2. The predicted molar refractivity (Wildman–Crippen MR) is 84.1 cm³/mol. The molecular weight excluding hydrogens is 280 g/mol. The van der Waals surface area contributed by atoms with E-state index in [-0.39, 0.29) is 12.1 Å². The lowest BCUT2D eigenvalue weighted by Gasteiger charge is -2.40. The van der Waals surface area contributed by atoms with Crippen molar-refractivity contribution in [2.45, 2.75) is 19.4 Å². The van der Waals surface area contributed by atoms with Crippen molar-refractivity contribution >= 4 is 12.0 Å². The Kier molecular flexibility index (Phi) is 4.09. The summed E-state index contributed by atoms with van der Waals surface area (Å²) < 4.78 is 4.82.